The van der Waals surface area contributed by atoms with E-state index in [-0.39, 0.29) is 19.3 Å². The van der Waals surface area contributed by atoms with Crippen molar-refractivity contribution in [1.82, 2.24) is 4.98 Å². The highest BCUT2D eigenvalue weighted by Crippen LogP contribution is 2.61. The van der Waals surface area contributed by atoms with Crippen LogP contribution < -0.4 is 5.46 Å². The summed E-state index contributed by atoms with van der Waals surface area (Å²) in [5, 5.41) is 1.15. The number of aromatic nitrogens is 1. The molecule has 6 rings (SSSR count). The Labute approximate surface area is 131 Å². The van der Waals surface area contributed by atoms with Crippen LogP contribution in [-0.4, -0.2) is 24.3 Å². The molecule has 0 N–H and O–H groups in total. The molecular weight excluding hydrogens is 273 g/mol. The smallest absolute Gasteiger partial charge is 0.402 e. The van der Waals surface area contributed by atoms with E-state index in [1.54, 1.807) is 0 Å². The normalized spacial score (nSPS) is 35.3. The third kappa shape index (κ3) is 1.63. The number of fused-ring (bicyclic) bond motifs is 1. The first-order valence-electron chi connectivity index (χ1n) is 8.29. The third-order valence-electron chi connectivity index (χ3n) is 6.32. The number of rotatable bonds is 1. The van der Waals surface area contributed by atoms with E-state index in [4.69, 9.17) is 9.31 Å². The highest BCUT2D eigenvalue weighted by atomic mass is 16.7. The highest BCUT2D eigenvalue weighted by Gasteiger charge is 2.62. The zero-order valence-electron chi connectivity index (χ0n) is 13.0. The average Bonchev–Trinajstić information content (AvgIpc) is 2.97. The maximum Gasteiger partial charge on any atom is 0.496 e. The molecule has 2 unspecified atom stereocenters. The van der Waals surface area contributed by atoms with Crippen molar-refractivity contribution in [3.8, 4) is 0 Å². The number of hydrogen-bond donors (Lipinski definition) is 0. The molecule has 4 aliphatic rings. The van der Waals surface area contributed by atoms with Crippen LogP contribution in [0.5, 0.6) is 0 Å². The van der Waals surface area contributed by atoms with Crippen molar-refractivity contribution < 1.29 is 9.31 Å². The minimum Gasteiger partial charge on any atom is -0.402 e. The second kappa shape index (κ2) is 4.33. The molecule has 1 saturated heterocycles. The van der Waals surface area contributed by atoms with Crippen LogP contribution in [0.2, 0.25) is 0 Å². The first-order chi connectivity index (χ1) is 10.6. The Kier molecular flexibility index (Phi) is 2.58. The quantitative estimate of drug-likeness (QED) is 0.758. The molecule has 0 amide bonds. The molecule has 4 atom stereocenters. The topological polar surface area (TPSA) is 31.4 Å². The largest absolute Gasteiger partial charge is 0.496 e. The second-order valence-corrected chi connectivity index (χ2v) is 7.63. The van der Waals surface area contributed by atoms with Gasteiger partial charge >= 0.3 is 7.12 Å². The minimum atomic E-state index is -0.260. The van der Waals surface area contributed by atoms with Crippen LogP contribution in [-0.2, 0) is 9.31 Å². The summed E-state index contributed by atoms with van der Waals surface area (Å²) in [5.74, 6) is 1.44. The minimum absolute atomic E-state index is 0.254. The third-order valence-corrected chi connectivity index (χ3v) is 6.32. The predicted octanol–water partition coefficient (Wildman–Crippen LogP) is 2.78. The molecule has 1 aliphatic heterocycles. The van der Waals surface area contributed by atoms with Gasteiger partial charge < -0.3 is 9.31 Å². The molecule has 0 radical (unpaired) electrons. The summed E-state index contributed by atoms with van der Waals surface area (Å²) < 4.78 is 12.7. The first-order valence-corrected chi connectivity index (χ1v) is 8.29. The molecule has 4 heteroatoms. The van der Waals surface area contributed by atoms with Crippen molar-refractivity contribution in [3.05, 3.63) is 36.5 Å². The second-order valence-electron chi connectivity index (χ2n) is 7.63. The Hall–Kier alpha value is -1.39. The maximum atomic E-state index is 6.38. The summed E-state index contributed by atoms with van der Waals surface area (Å²) in [4.78, 5) is 4.54. The van der Waals surface area contributed by atoms with Gasteiger partial charge in [0.1, 0.15) is 0 Å². The summed E-state index contributed by atoms with van der Waals surface area (Å²) in [5.41, 5.74) is 2.49. The molecule has 2 bridgehead atoms. The van der Waals surface area contributed by atoms with Crippen LogP contribution in [0, 0.1) is 17.3 Å². The van der Waals surface area contributed by atoms with Crippen molar-refractivity contribution >= 4 is 23.5 Å². The van der Waals surface area contributed by atoms with Gasteiger partial charge in [-0.3, -0.25) is 4.98 Å². The molecule has 2 aromatic rings. The molecule has 1 aromatic heterocycles. The van der Waals surface area contributed by atoms with Crippen LogP contribution in [0.1, 0.15) is 26.7 Å². The Morgan fingerprint density at radius 2 is 2.00 bits per heavy atom. The van der Waals surface area contributed by atoms with Crippen LogP contribution in [0.15, 0.2) is 36.5 Å². The zero-order valence-corrected chi connectivity index (χ0v) is 13.0. The molecule has 112 valence electrons. The van der Waals surface area contributed by atoms with E-state index < -0.39 is 0 Å². The van der Waals surface area contributed by atoms with Crippen molar-refractivity contribution in [2.45, 2.75) is 38.9 Å². The van der Waals surface area contributed by atoms with E-state index in [0.29, 0.717) is 11.3 Å². The van der Waals surface area contributed by atoms with Gasteiger partial charge in [0.2, 0.25) is 0 Å². The Bertz CT molecular complexity index is 741. The standard InChI is InChI=1S/C18H20BNO2/c1-18(2)12-9-13(18)17-15(10-12)21-19(22-17)14-7-3-5-11-6-4-8-20-16(11)14/h3-8,12-13,15,17H,9-10H2,1-2H3/t12-,13+,15?,17?/m0/s1. The molecule has 1 aromatic carbocycles. The fraction of sp³-hybridized carbons (Fsp3) is 0.500. The number of pyridine rings is 1. The molecule has 3 aliphatic carbocycles. The van der Waals surface area contributed by atoms with Gasteiger partial charge in [-0.25, -0.2) is 0 Å². The van der Waals surface area contributed by atoms with E-state index in [9.17, 15) is 0 Å². The lowest BCUT2D eigenvalue weighted by Gasteiger charge is -2.60. The van der Waals surface area contributed by atoms with Gasteiger partial charge in [-0.2, -0.15) is 0 Å². The molecule has 22 heavy (non-hydrogen) atoms. The lowest BCUT2D eigenvalue weighted by molar-refractivity contribution is -0.150. The monoisotopic (exact) mass is 293 g/mol. The van der Waals surface area contributed by atoms with Crippen LogP contribution in [0.4, 0.5) is 0 Å². The SMILES string of the molecule is CC1(C)[C@@H]2CC3OB(c4cccc5cccnc45)OC3[C@H]1C2. The van der Waals surface area contributed by atoms with E-state index in [1.165, 1.54) is 6.42 Å². The van der Waals surface area contributed by atoms with Crippen molar-refractivity contribution in [2.24, 2.45) is 17.3 Å². The summed E-state index contributed by atoms with van der Waals surface area (Å²) >= 11 is 0. The van der Waals surface area contributed by atoms with Gasteiger partial charge in [0, 0.05) is 11.7 Å². The van der Waals surface area contributed by atoms with Gasteiger partial charge in [-0.1, -0.05) is 38.1 Å². The predicted molar refractivity (Wildman–Crippen MR) is 86.9 cm³/mol. The molecular formula is C18H20BNO2. The molecule has 2 heterocycles. The van der Waals surface area contributed by atoms with Crippen molar-refractivity contribution in [1.29, 1.82) is 0 Å². The first kappa shape index (κ1) is 13.1. The lowest BCUT2D eigenvalue weighted by Crippen LogP contribution is -2.59. The molecule has 4 fully saturated rings. The van der Waals surface area contributed by atoms with Gasteiger partial charge in [0.15, 0.2) is 0 Å². The summed E-state index contributed by atoms with van der Waals surface area (Å²) in [7, 11) is -0.260. The van der Waals surface area contributed by atoms with Crippen LogP contribution >= 0.6 is 0 Å². The number of benzene rings is 1. The Morgan fingerprint density at radius 3 is 2.86 bits per heavy atom. The van der Waals surface area contributed by atoms with Crippen LogP contribution in [0.25, 0.3) is 10.9 Å². The van der Waals surface area contributed by atoms with E-state index in [2.05, 4.69) is 43.1 Å². The maximum absolute atomic E-state index is 6.38. The van der Waals surface area contributed by atoms with Gasteiger partial charge in [-0.15, -0.1) is 0 Å². The zero-order chi connectivity index (χ0) is 14.9. The average molecular weight is 293 g/mol. The van der Waals surface area contributed by atoms with Gasteiger partial charge in [0.05, 0.1) is 17.7 Å². The van der Waals surface area contributed by atoms with Crippen molar-refractivity contribution in [3.63, 3.8) is 0 Å². The fourth-order valence-corrected chi connectivity index (χ4v) is 4.80. The number of hydrogen-bond acceptors (Lipinski definition) is 3. The highest BCUT2D eigenvalue weighted by molar-refractivity contribution is 6.64. The number of nitrogens with zero attached hydrogens (tertiary/aromatic N) is 1. The molecule has 0 spiro atoms. The van der Waals surface area contributed by atoms with Gasteiger partial charge in [-0.05, 0) is 41.5 Å². The summed E-state index contributed by atoms with van der Waals surface area (Å²) in [6, 6.07) is 10.3. The van der Waals surface area contributed by atoms with Crippen LogP contribution in [0.3, 0.4) is 0 Å². The van der Waals surface area contributed by atoms with E-state index in [0.717, 1.165) is 28.7 Å². The van der Waals surface area contributed by atoms with E-state index in [1.807, 2.05) is 12.3 Å². The molecule has 3 nitrogen and oxygen atoms in total. The summed E-state index contributed by atoms with van der Waals surface area (Å²) in [6.45, 7) is 4.77. The number of para-hydroxylation sites is 1. The van der Waals surface area contributed by atoms with E-state index >= 15 is 0 Å². The molecule has 3 saturated carbocycles. The fourth-order valence-electron chi connectivity index (χ4n) is 4.80. The lowest BCUT2D eigenvalue weighted by atomic mass is 9.47. The van der Waals surface area contributed by atoms with Gasteiger partial charge in [0.25, 0.3) is 0 Å². The Morgan fingerprint density at radius 1 is 1.14 bits per heavy atom. The van der Waals surface area contributed by atoms with Crippen molar-refractivity contribution in [2.75, 3.05) is 0 Å². The summed E-state index contributed by atoms with van der Waals surface area (Å²) in [6.07, 6.45) is 4.80. The Balaban J connectivity index is 1.50.